The molecule has 0 aromatic heterocycles. The highest BCUT2D eigenvalue weighted by molar-refractivity contribution is 5.90. The van der Waals surface area contributed by atoms with Crippen molar-refractivity contribution in [3.8, 4) is 6.07 Å². The van der Waals surface area contributed by atoms with E-state index in [1.54, 1.807) is 31.4 Å². The molecule has 36 heavy (non-hydrogen) atoms. The summed E-state index contributed by atoms with van der Waals surface area (Å²) in [4.78, 5) is 28.9. The van der Waals surface area contributed by atoms with Crippen LogP contribution in [0, 0.1) is 23.2 Å². The number of carbonyl (C=O) groups excluding carboxylic acids is 2. The van der Waals surface area contributed by atoms with Crippen molar-refractivity contribution in [3.63, 3.8) is 0 Å². The van der Waals surface area contributed by atoms with Crippen LogP contribution < -0.4 is 16.0 Å². The fourth-order valence-electron chi connectivity index (χ4n) is 6.20. The summed E-state index contributed by atoms with van der Waals surface area (Å²) < 4.78 is 5.50. The molecule has 1 saturated heterocycles. The number of carbonyl (C=O) groups is 2. The van der Waals surface area contributed by atoms with Crippen molar-refractivity contribution in [1.29, 1.82) is 5.26 Å². The van der Waals surface area contributed by atoms with Crippen LogP contribution in [-0.4, -0.2) is 49.2 Å². The molecule has 0 radical (unpaired) electrons. The second kappa shape index (κ2) is 10.6. The van der Waals surface area contributed by atoms with Crippen molar-refractivity contribution in [2.45, 2.75) is 50.2 Å². The Bertz CT molecular complexity index is 1140. The third-order valence-electron chi connectivity index (χ3n) is 7.88. The Kier molecular flexibility index (Phi) is 7.10. The van der Waals surface area contributed by atoms with Gasteiger partial charge in [-0.1, -0.05) is 31.0 Å². The zero-order chi connectivity index (χ0) is 25.1. The summed E-state index contributed by atoms with van der Waals surface area (Å²) in [6, 6.07) is 16.7. The summed E-state index contributed by atoms with van der Waals surface area (Å²) in [5, 5.41) is 18.5. The number of anilines is 2. The zero-order valence-corrected chi connectivity index (χ0v) is 20.6. The van der Waals surface area contributed by atoms with E-state index in [4.69, 9.17) is 10.00 Å². The number of ether oxygens (including phenoxy) is 1. The number of urea groups is 1. The van der Waals surface area contributed by atoms with Gasteiger partial charge in [0.05, 0.1) is 36.2 Å². The van der Waals surface area contributed by atoms with Crippen LogP contribution in [0.4, 0.5) is 16.2 Å². The van der Waals surface area contributed by atoms with Crippen molar-refractivity contribution >= 4 is 23.3 Å². The summed E-state index contributed by atoms with van der Waals surface area (Å²) in [7, 11) is 1.72. The van der Waals surface area contributed by atoms with Gasteiger partial charge < -0.3 is 25.6 Å². The van der Waals surface area contributed by atoms with E-state index in [-0.39, 0.29) is 36.0 Å². The van der Waals surface area contributed by atoms with Gasteiger partial charge >= 0.3 is 6.03 Å². The molecule has 3 amide bonds. The molecule has 5 atom stereocenters. The zero-order valence-electron chi connectivity index (χ0n) is 20.6. The first kappa shape index (κ1) is 24.1. The maximum Gasteiger partial charge on any atom is 0.319 e. The van der Waals surface area contributed by atoms with E-state index in [1.165, 1.54) is 5.56 Å². The van der Waals surface area contributed by atoms with E-state index in [1.807, 2.05) is 12.1 Å². The number of hydrogen-bond donors (Lipinski definition) is 3. The number of nitrogens with one attached hydrogen (secondary N) is 3. The molecular formula is C28H33N5O3. The molecule has 2 aliphatic heterocycles. The van der Waals surface area contributed by atoms with Crippen LogP contribution in [-0.2, 0) is 9.53 Å². The molecule has 2 aromatic rings. The van der Waals surface area contributed by atoms with Crippen molar-refractivity contribution < 1.29 is 14.3 Å². The van der Waals surface area contributed by atoms with E-state index in [0.29, 0.717) is 30.3 Å². The lowest BCUT2D eigenvalue weighted by molar-refractivity contribution is -0.138. The highest BCUT2D eigenvalue weighted by Gasteiger charge is 2.48. The summed E-state index contributed by atoms with van der Waals surface area (Å²) in [5.74, 6) is 0.185. The smallest absolute Gasteiger partial charge is 0.319 e. The van der Waals surface area contributed by atoms with Crippen molar-refractivity contribution in [2.75, 3.05) is 30.9 Å². The number of hydrogen-bond acceptors (Lipinski definition) is 5. The molecule has 2 aromatic carbocycles. The van der Waals surface area contributed by atoms with Crippen molar-refractivity contribution in [2.24, 2.45) is 11.8 Å². The number of amides is 3. The van der Waals surface area contributed by atoms with Gasteiger partial charge in [-0.25, -0.2) is 4.79 Å². The Morgan fingerprint density at radius 3 is 2.67 bits per heavy atom. The van der Waals surface area contributed by atoms with E-state index in [2.05, 4.69) is 39.1 Å². The molecule has 1 aliphatic carbocycles. The Labute approximate surface area is 212 Å². The third-order valence-corrected chi connectivity index (χ3v) is 7.88. The first-order valence-corrected chi connectivity index (χ1v) is 12.8. The Hall–Kier alpha value is -3.57. The lowest BCUT2D eigenvalue weighted by atomic mass is 9.81. The Balaban J connectivity index is 1.31. The number of benzene rings is 2. The normalized spacial score (nSPS) is 26.7. The molecule has 5 rings (SSSR count). The van der Waals surface area contributed by atoms with E-state index in [9.17, 15) is 9.59 Å². The quantitative estimate of drug-likeness (QED) is 0.584. The Morgan fingerprint density at radius 2 is 1.89 bits per heavy atom. The monoisotopic (exact) mass is 487 g/mol. The number of nitriles is 1. The van der Waals surface area contributed by atoms with Gasteiger partial charge in [-0.15, -0.1) is 0 Å². The molecule has 0 spiro atoms. The molecule has 2 fully saturated rings. The van der Waals surface area contributed by atoms with Crippen LogP contribution in [0.15, 0.2) is 48.5 Å². The van der Waals surface area contributed by atoms with Gasteiger partial charge in [0.2, 0.25) is 5.91 Å². The first-order valence-electron chi connectivity index (χ1n) is 12.8. The molecule has 1 saturated carbocycles. The predicted octanol–water partition coefficient (Wildman–Crippen LogP) is 4.27. The minimum atomic E-state index is -0.323. The number of fused-ring (bicyclic) bond motifs is 3. The molecular weight excluding hydrogens is 454 g/mol. The van der Waals surface area contributed by atoms with Crippen LogP contribution in [0.25, 0.3) is 0 Å². The van der Waals surface area contributed by atoms with Crippen molar-refractivity contribution in [1.82, 2.24) is 10.2 Å². The predicted molar refractivity (Wildman–Crippen MR) is 137 cm³/mol. The molecule has 8 nitrogen and oxygen atoms in total. The molecule has 3 N–H and O–H groups in total. The van der Waals surface area contributed by atoms with Crippen LogP contribution in [0.5, 0.6) is 0 Å². The fourth-order valence-corrected chi connectivity index (χ4v) is 6.20. The second-order valence-electron chi connectivity index (χ2n) is 10.0. The highest BCUT2D eigenvalue weighted by Crippen LogP contribution is 2.47. The number of likely N-dealkylation sites (tertiary alicyclic amines) is 1. The number of rotatable bonds is 5. The van der Waals surface area contributed by atoms with Gasteiger partial charge in [0.1, 0.15) is 0 Å². The third kappa shape index (κ3) is 4.76. The van der Waals surface area contributed by atoms with Crippen LogP contribution >= 0.6 is 0 Å². The van der Waals surface area contributed by atoms with E-state index >= 15 is 0 Å². The van der Waals surface area contributed by atoms with Crippen LogP contribution in [0.3, 0.4) is 0 Å². The lowest BCUT2D eigenvalue weighted by Crippen LogP contribution is -2.51. The maximum absolute atomic E-state index is 14.0. The SMILES string of the molecule is COC[C@@H]1Nc2ccccc2[C@H]2[C@@H]1CCN2C(=O)[C@H]1CCCC[C@H]1NC(=O)Nc1ccc(C#N)cc1. The minimum absolute atomic E-state index is 0.0187. The number of methoxy groups -OCH3 is 1. The number of para-hydroxylation sites is 1. The van der Waals surface area contributed by atoms with Crippen LogP contribution in [0.1, 0.15) is 49.3 Å². The fraction of sp³-hybridized carbons (Fsp3) is 0.464. The van der Waals surface area contributed by atoms with Gasteiger partial charge in [0.25, 0.3) is 0 Å². The van der Waals surface area contributed by atoms with Crippen molar-refractivity contribution in [3.05, 3.63) is 59.7 Å². The van der Waals surface area contributed by atoms with Gasteiger partial charge in [-0.05, 0) is 55.2 Å². The molecule has 3 aliphatic rings. The van der Waals surface area contributed by atoms with E-state index < -0.39 is 0 Å². The highest BCUT2D eigenvalue weighted by atomic mass is 16.5. The first-order chi connectivity index (χ1) is 17.6. The molecule has 0 bridgehead atoms. The molecule has 188 valence electrons. The summed E-state index contributed by atoms with van der Waals surface area (Å²) >= 11 is 0. The summed E-state index contributed by atoms with van der Waals surface area (Å²) in [6.45, 7) is 1.31. The lowest BCUT2D eigenvalue weighted by Gasteiger charge is -2.41. The summed E-state index contributed by atoms with van der Waals surface area (Å²) in [6.07, 6.45) is 4.45. The van der Waals surface area contributed by atoms with Gasteiger partial charge in [0.15, 0.2) is 0 Å². The standard InChI is InChI=1S/C28H33N5O3/c1-36-17-25-21-14-15-33(26(21)20-6-2-4-8-23(20)31-25)27(34)22-7-3-5-9-24(22)32-28(35)30-19-12-10-18(16-29)11-13-19/h2,4,6,8,10-13,21-22,24-26,31H,3,5,7,9,14-15,17H2,1H3,(H2,30,32,35)/t21-,22+,24-,25+,26+/m1/s1. The summed E-state index contributed by atoms with van der Waals surface area (Å²) in [5.41, 5.74) is 3.39. The van der Waals surface area contributed by atoms with Gasteiger partial charge in [0, 0.05) is 37.0 Å². The second-order valence-corrected chi connectivity index (χ2v) is 10.0. The Morgan fingerprint density at radius 1 is 1.11 bits per heavy atom. The molecule has 0 unspecified atom stereocenters. The van der Waals surface area contributed by atoms with E-state index in [0.717, 1.165) is 37.8 Å². The van der Waals surface area contributed by atoms with Crippen LogP contribution in [0.2, 0.25) is 0 Å². The van der Waals surface area contributed by atoms with Gasteiger partial charge in [-0.3, -0.25) is 4.79 Å². The largest absolute Gasteiger partial charge is 0.383 e. The average Bonchev–Trinajstić information content (AvgIpc) is 3.35. The molecule has 8 heteroatoms. The topological polar surface area (TPSA) is 106 Å². The average molecular weight is 488 g/mol. The molecule has 2 heterocycles. The minimum Gasteiger partial charge on any atom is -0.383 e. The van der Waals surface area contributed by atoms with Gasteiger partial charge in [-0.2, -0.15) is 5.26 Å². The number of nitrogens with zero attached hydrogens (tertiary/aromatic N) is 2. The maximum atomic E-state index is 14.0.